The molecular formula is C14H10Br2F2. The Hall–Kier alpha value is -0.740. The number of alkyl halides is 1. The molecule has 0 fully saturated rings. The Kier molecular flexibility index (Phi) is 4.51. The van der Waals surface area contributed by atoms with E-state index in [2.05, 4.69) is 31.9 Å². The van der Waals surface area contributed by atoms with Gasteiger partial charge in [0.25, 0.3) is 0 Å². The van der Waals surface area contributed by atoms with Gasteiger partial charge in [0.05, 0.1) is 0 Å². The number of benzene rings is 2. The zero-order valence-electron chi connectivity index (χ0n) is 9.34. The van der Waals surface area contributed by atoms with Crippen molar-refractivity contribution in [2.24, 2.45) is 0 Å². The number of hydrogen-bond acceptors (Lipinski definition) is 0. The lowest BCUT2D eigenvalue weighted by Gasteiger charge is -2.11. The van der Waals surface area contributed by atoms with Crippen LogP contribution in [-0.4, -0.2) is 0 Å². The maximum Gasteiger partial charge on any atom is 0.159 e. The first-order valence-electron chi connectivity index (χ1n) is 5.40. The zero-order valence-corrected chi connectivity index (χ0v) is 12.5. The van der Waals surface area contributed by atoms with Gasteiger partial charge in [-0.1, -0.05) is 50.1 Å². The summed E-state index contributed by atoms with van der Waals surface area (Å²) < 4.78 is 27.0. The van der Waals surface area contributed by atoms with Crippen molar-refractivity contribution in [3.05, 3.63) is 69.7 Å². The fourth-order valence-electron chi connectivity index (χ4n) is 1.70. The van der Waals surface area contributed by atoms with Gasteiger partial charge >= 0.3 is 0 Å². The molecule has 0 nitrogen and oxygen atoms in total. The first kappa shape index (κ1) is 13.7. The molecule has 2 aromatic carbocycles. The SMILES string of the molecule is Fc1ccc(C(Br)Cc2cccc(Br)c2)cc1F. The molecular weight excluding hydrogens is 366 g/mol. The van der Waals surface area contributed by atoms with Crippen LogP contribution in [0.4, 0.5) is 8.78 Å². The molecule has 0 aromatic heterocycles. The van der Waals surface area contributed by atoms with Crippen molar-refractivity contribution in [1.82, 2.24) is 0 Å². The van der Waals surface area contributed by atoms with Crippen LogP contribution in [0.5, 0.6) is 0 Å². The van der Waals surface area contributed by atoms with Crippen LogP contribution < -0.4 is 0 Å². The molecule has 0 aliphatic heterocycles. The van der Waals surface area contributed by atoms with E-state index < -0.39 is 11.6 Å². The van der Waals surface area contributed by atoms with Gasteiger partial charge in [0.1, 0.15) is 0 Å². The first-order chi connectivity index (χ1) is 8.56. The van der Waals surface area contributed by atoms with Crippen LogP contribution in [0, 0.1) is 11.6 Å². The number of hydrogen-bond donors (Lipinski definition) is 0. The number of halogens is 4. The van der Waals surface area contributed by atoms with Crippen molar-refractivity contribution in [2.75, 3.05) is 0 Å². The maximum absolute atomic E-state index is 13.1. The minimum Gasteiger partial charge on any atom is -0.204 e. The van der Waals surface area contributed by atoms with Gasteiger partial charge in [0.2, 0.25) is 0 Å². The average molecular weight is 376 g/mol. The van der Waals surface area contributed by atoms with Crippen molar-refractivity contribution in [3.63, 3.8) is 0 Å². The molecule has 0 radical (unpaired) electrons. The Balaban J connectivity index is 2.16. The van der Waals surface area contributed by atoms with E-state index in [1.807, 2.05) is 24.3 Å². The summed E-state index contributed by atoms with van der Waals surface area (Å²) in [4.78, 5) is -0.0399. The summed E-state index contributed by atoms with van der Waals surface area (Å²) in [6.45, 7) is 0. The summed E-state index contributed by atoms with van der Waals surface area (Å²) in [5.41, 5.74) is 1.85. The minimum absolute atomic E-state index is 0.0399. The molecule has 2 aromatic rings. The Morgan fingerprint density at radius 3 is 2.44 bits per heavy atom. The van der Waals surface area contributed by atoms with Crippen LogP contribution in [-0.2, 0) is 6.42 Å². The fourth-order valence-corrected chi connectivity index (χ4v) is 2.80. The summed E-state index contributed by atoms with van der Waals surface area (Å²) in [6.07, 6.45) is 0.713. The molecule has 0 N–H and O–H groups in total. The second-order valence-corrected chi connectivity index (χ2v) is 6.00. The van der Waals surface area contributed by atoms with Crippen LogP contribution >= 0.6 is 31.9 Å². The molecule has 0 aliphatic carbocycles. The summed E-state index contributed by atoms with van der Waals surface area (Å²) in [5.74, 6) is -1.63. The molecule has 1 atom stereocenters. The highest BCUT2D eigenvalue weighted by Gasteiger charge is 2.11. The lowest BCUT2D eigenvalue weighted by Crippen LogP contribution is -1.97. The van der Waals surface area contributed by atoms with Crippen molar-refractivity contribution in [3.8, 4) is 0 Å². The Morgan fingerprint density at radius 1 is 1.00 bits per heavy atom. The molecule has 94 valence electrons. The third-order valence-corrected chi connectivity index (χ3v) is 3.95. The standard InChI is InChI=1S/C14H10Br2F2/c15-11-3-1-2-9(6-11)7-12(16)10-4-5-13(17)14(18)8-10/h1-6,8,12H,7H2. The summed E-state index contributed by atoms with van der Waals surface area (Å²) in [7, 11) is 0. The Bertz CT molecular complexity index is 555. The van der Waals surface area contributed by atoms with E-state index in [1.54, 1.807) is 6.07 Å². The number of rotatable bonds is 3. The molecule has 0 saturated heterocycles. The second kappa shape index (κ2) is 5.93. The van der Waals surface area contributed by atoms with Gasteiger partial charge in [0.15, 0.2) is 11.6 Å². The third kappa shape index (κ3) is 3.39. The van der Waals surface area contributed by atoms with Gasteiger partial charge in [-0.05, 0) is 41.8 Å². The summed E-state index contributed by atoms with van der Waals surface area (Å²) in [6, 6.07) is 11.9. The normalized spacial score (nSPS) is 12.4. The van der Waals surface area contributed by atoms with E-state index in [-0.39, 0.29) is 4.83 Å². The topological polar surface area (TPSA) is 0 Å². The quantitative estimate of drug-likeness (QED) is 0.629. The van der Waals surface area contributed by atoms with Crippen LogP contribution in [0.25, 0.3) is 0 Å². The highest BCUT2D eigenvalue weighted by molar-refractivity contribution is 9.10. The van der Waals surface area contributed by atoms with Crippen LogP contribution in [0.1, 0.15) is 16.0 Å². The van der Waals surface area contributed by atoms with Gasteiger partial charge < -0.3 is 0 Å². The molecule has 0 spiro atoms. The molecule has 18 heavy (non-hydrogen) atoms. The van der Waals surface area contributed by atoms with Crippen molar-refractivity contribution < 1.29 is 8.78 Å². The Labute approximate surface area is 121 Å². The lowest BCUT2D eigenvalue weighted by atomic mass is 10.0. The zero-order chi connectivity index (χ0) is 13.1. The van der Waals surface area contributed by atoms with Gasteiger partial charge in [0, 0.05) is 9.30 Å². The monoisotopic (exact) mass is 374 g/mol. The van der Waals surface area contributed by atoms with E-state index in [1.165, 1.54) is 6.07 Å². The maximum atomic E-state index is 13.1. The Morgan fingerprint density at radius 2 is 1.78 bits per heavy atom. The molecule has 4 heteroatoms. The van der Waals surface area contributed by atoms with Crippen LogP contribution in [0.3, 0.4) is 0 Å². The third-order valence-electron chi connectivity index (χ3n) is 2.61. The summed E-state index contributed by atoms with van der Waals surface area (Å²) in [5, 5.41) is 0. The van der Waals surface area contributed by atoms with Gasteiger partial charge in [-0.2, -0.15) is 0 Å². The van der Waals surface area contributed by atoms with E-state index in [0.29, 0.717) is 6.42 Å². The predicted octanol–water partition coefficient (Wildman–Crippen LogP) is 5.41. The first-order valence-corrected chi connectivity index (χ1v) is 7.10. The highest BCUT2D eigenvalue weighted by Crippen LogP contribution is 2.28. The van der Waals surface area contributed by atoms with Gasteiger partial charge in [-0.15, -0.1) is 0 Å². The van der Waals surface area contributed by atoms with Crippen LogP contribution in [0.2, 0.25) is 0 Å². The smallest absolute Gasteiger partial charge is 0.159 e. The van der Waals surface area contributed by atoms with Gasteiger partial charge in [-0.3, -0.25) is 0 Å². The van der Waals surface area contributed by atoms with Crippen molar-refractivity contribution in [1.29, 1.82) is 0 Å². The molecule has 0 aliphatic rings. The van der Waals surface area contributed by atoms with E-state index in [0.717, 1.165) is 21.7 Å². The highest BCUT2D eigenvalue weighted by atomic mass is 79.9. The molecule has 1 unspecified atom stereocenters. The van der Waals surface area contributed by atoms with E-state index in [9.17, 15) is 8.78 Å². The molecule has 0 heterocycles. The van der Waals surface area contributed by atoms with Gasteiger partial charge in [-0.25, -0.2) is 8.78 Å². The summed E-state index contributed by atoms with van der Waals surface area (Å²) >= 11 is 6.91. The van der Waals surface area contributed by atoms with E-state index >= 15 is 0 Å². The minimum atomic E-state index is -0.819. The molecule has 2 rings (SSSR count). The molecule has 0 amide bonds. The predicted molar refractivity (Wildman–Crippen MR) is 75.9 cm³/mol. The second-order valence-electron chi connectivity index (χ2n) is 3.98. The fraction of sp³-hybridized carbons (Fsp3) is 0.143. The van der Waals surface area contributed by atoms with Crippen LogP contribution in [0.15, 0.2) is 46.9 Å². The molecule has 0 bridgehead atoms. The molecule has 0 saturated carbocycles. The van der Waals surface area contributed by atoms with E-state index in [4.69, 9.17) is 0 Å². The average Bonchev–Trinajstić information content (AvgIpc) is 2.32. The van der Waals surface area contributed by atoms with Crippen molar-refractivity contribution in [2.45, 2.75) is 11.2 Å². The largest absolute Gasteiger partial charge is 0.204 e. The lowest BCUT2D eigenvalue weighted by molar-refractivity contribution is 0.507. The van der Waals surface area contributed by atoms with Crippen molar-refractivity contribution >= 4 is 31.9 Å².